The summed E-state index contributed by atoms with van der Waals surface area (Å²) in [6, 6.07) is 10.0. The Morgan fingerprint density at radius 1 is 1.20 bits per heavy atom. The number of carbonyl (C=O) groups is 2. The summed E-state index contributed by atoms with van der Waals surface area (Å²) in [6.45, 7) is 0.418. The van der Waals surface area contributed by atoms with Crippen LogP contribution in [0.15, 0.2) is 54.9 Å². The zero-order valence-corrected chi connectivity index (χ0v) is 22.6. The van der Waals surface area contributed by atoms with E-state index >= 15 is 0 Å². The van der Waals surface area contributed by atoms with Crippen molar-refractivity contribution in [1.82, 2.24) is 15.1 Å². The Morgan fingerprint density at radius 3 is 2.83 bits per heavy atom. The maximum absolute atomic E-state index is 13.5. The fraction of sp³-hybridized carbons (Fsp3) is 0.433. The van der Waals surface area contributed by atoms with Gasteiger partial charge in [0.2, 0.25) is 0 Å². The van der Waals surface area contributed by atoms with Gasteiger partial charge in [-0.3, -0.25) is 4.79 Å². The molecule has 1 atom stereocenters. The van der Waals surface area contributed by atoms with E-state index in [9.17, 15) is 19.1 Å². The highest BCUT2D eigenvalue weighted by molar-refractivity contribution is 6.00. The monoisotopic (exact) mass is 550 g/mol. The Bertz CT molecular complexity index is 1350. The van der Waals surface area contributed by atoms with Crippen molar-refractivity contribution in [1.29, 1.82) is 0 Å². The van der Waals surface area contributed by atoms with Gasteiger partial charge < -0.3 is 24.8 Å². The Labute approximate surface area is 232 Å². The molecule has 0 spiro atoms. The molecule has 0 bridgehead atoms. The average Bonchev–Trinajstić information content (AvgIpc) is 3.38. The number of ether oxygens (including phenoxy) is 2. The summed E-state index contributed by atoms with van der Waals surface area (Å²) in [5, 5.41) is 17.5. The van der Waals surface area contributed by atoms with Crippen LogP contribution in [-0.4, -0.2) is 58.7 Å². The highest BCUT2D eigenvalue weighted by atomic mass is 19.1. The third-order valence-corrected chi connectivity index (χ3v) is 7.60. The van der Waals surface area contributed by atoms with E-state index in [4.69, 9.17) is 9.47 Å². The number of hydrogen-bond acceptors (Lipinski definition) is 6. The minimum absolute atomic E-state index is 0.0435. The van der Waals surface area contributed by atoms with Gasteiger partial charge in [0, 0.05) is 25.7 Å². The zero-order chi connectivity index (χ0) is 28.1. The molecule has 2 N–H and O–H groups in total. The van der Waals surface area contributed by atoms with Gasteiger partial charge in [0.1, 0.15) is 30.0 Å². The summed E-state index contributed by atoms with van der Waals surface area (Å²) in [7, 11) is 1.63. The van der Waals surface area contributed by atoms with Gasteiger partial charge in [0.15, 0.2) is 0 Å². The van der Waals surface area contributed by atoms with E-state index in [-0.39, 0.29) is 18.3 Å². The number of nitrogens with zero attached hydrogens (tertiary/aromatic N) is 3. The number of hydrogen-bond donors (Lipinski definition) is 2. The van der Waals surface area contributed by atoms with Crippen LogP contribution < -0.4 is 19.7 Å². The Kier molecular flexibility index (Phi) is 8.35. The van der Waals surface area contributed by atoms with Crippen molar-refractivity contribution in [2.45, 2.75) is 63.0 Å². The van der Waals surface area contributed by atoms with E-state index in [2.05, 4.69) is 10.4 Å². The van der Waals surface area contributed by atoms with Gasteiger partial charge in [-0.25, -0.2) is 9.18 Å². The number of halogens is 1. The second-order valence-corrected chi connectivity index (χ2v) is 10.7. The summed E-state index contributed by atoms with van der Waals surface area (Å²) in [6.07, 6.45) is 10.00. The topological polar surface area (TPSA) is 106 Å². The molecule has 5 rings (SSSR count). The molecule has 10 heteroatoms. The molecule has 1 saturated carbocycles. The number of aromatic nitrogens is 2. The number of amides is 2. The van der Waals surface area contributed by atoms with E-state index < -0.39 is 17.7 Å². The zero-order valence-electron chi connectivity index (χ0n) is 22.6. The van der Waals surface area contributed by atoms with Gasteiger partial charge in [-0.2, -0.15) is 9.78 Å². The van der Waals surface area contributed by atoms with Crippen LogP contribution in [0.2, 0.25) is 0 Å². The van der Waals surface area contributed by atoms with E-state index in [1.807, 2.05) is 0 Å². The van der Waals surface area contributed by atoms with Crippen LogP contribution in [0, 0.1) is 5.82 Å². The maximum Gasteiger partial charge on any atom is 0.342 e. The second kappa shape index (κ2) is 12.1. The lowest BCUT2D eigenvalue weighted by Gasteiger charge is -2.32. The number of anilines is 1. The molecular weight excluding hydrogens is 515 g/mol. The van der Waals surface area contributed by atoms with Gasteiger partial charge in [0.25, 0.3) is 5.91 Å². The first-order valence-corrected chi connectivity index (χ1v) is 13.8. The first-order chi connectivity index (χ1) is 19.3. The smallest absolute Gasteiger partial charge is 0.342 e. The molecule has 1 aliphatic carbocycles. The highest BCUT2D eigenvalue weighted by Gasteiger charge is 2.32. The van der Waals surface area contributed by atoms with Crippen molar-refractivity contribution in [3.63, 3.8) is 0 Å². The number of rotatable bonds is 8. The van der Waals surface area contributed by atoms with Crippen LogP contribution in [0.3, 0.4) is 0 Å². The number of fused-ring (bicyclic) bond motifs is 1. The fourth-order valence-electron chi connectivity index (χ4n) is 5.38. The SMILES string of the molecule is CN1C(=O)[C@@H](NC(=O)n2cc(Cc3cccc(F)c3)cn2)COc2ccc(OCCCC3(O)CCCCC3)cc21. The predicted octanol–water partition coefficient (Wildman–Crippen LogP) is 4.45. The molecule has 2 heterocycles. The molecule has 2 aliphatic rings. The average molecular weight is 551 g/mol. The van der Waals surface area contributed by atoms with Crippen LogP contribution in [0.25, 0.3) is 0 Å². The number of benzene rings is 2. The van der Waals surface area contributed by atoms with Crippen LogP contribution in [0.5, 0.6) is 11.5 Å². The van der Waals surface area contributed by atoms with E-state index in [1.54, 1.807) is 43.6 Å². The summed E-state index contributed by atoms with van der Waals surface area (Å²) in [5.41, 5.74) is 1.46. The number of nitrogens with one attached hydrogen (secondary N) is 1. The van der Waals surface area contributed by atoms with Gasteiger partial charge in [-0.15, -0.1) is 0 Å². The normalized spacial score (nSPS) is 18.4. The second-order valence-electron chi connectivity index (χ2n) is 10.7. The van der Waals surface area contributed by atoms with Crippen molar-refractivity contribution in [2.24, 2.45) is 0 Å². The van der Waals surface area contributed by atoms with Gasteiger partial charge >= 0.3 is 6.03 Å². The standard InChI is InChI=1S/C30H35FN4O5/c1-34-26-17-24(39-14-6-13-30(38)11-3-2-4-12-30)9-10-27(26)40-20-25(28(34)36)33-29(37)35-19-22(18-32-35)15-21-7-5-8-23(31)16-21/h5,7-10,16-19,25,38H,2-4,6,11-15,20H2,1H3,(H,33,37)/t25-/m0/s1. The summed E-state index contributed by atoms with van der Waals surface area (Å²) < 4.78 is 26.4. The Balaban J connectivity index is 1.16. The van der Waals surface area contributed by atoms with Crippen molar-refractivity contribution < 1.29 is 28.6 Å². The molecule has 1 aromatic heterocycles. The number of aliphatic hydroxyl groups is 1. The summed E-state index contributed by atoms with van der Waals surface area (Å²) >= 11 is 0. The molecule has 3 aromatic rings. The molecule has 0 radical (unpaired) electrons. The van der Waals surface area contributed by atoms with E-state index in [1.165, 1.54) is 29.7 Å². The molecule has 2 amide bonds. The maximum atomic E-state index is 13.5. The minimum atomic E-state index is -0.929. The first kappa shape index (κ1) is 27.6. The molecule has 40 heavy (non-hydrogen) atoms. The highest BCUT2D eigenvalue weighted by Crippen LogP contribution is 2.35. The Morgan fingerprint density at radius 2 is 2.02 bits per heavy atom. The third kappa shape index (κ3) is 6.62. The number of likely N-dealkylation sites (N-methyl/N-ethyl adjacent to an activating group) is 1. The van der Waals surface area contributed by atoms with Crippen molar-refractivity contribution in [3.8, 4) is 11.5 Å². The van der Waals surface area contributed by atoms with E-state index in [0.717, 1.165) is 47.9 Å². The van der Waals surface area contributed by atoms with Gasteiger partial charge in [-0.05, 0) is 61.1 Å². The first-order valence-electron chi connectivity index (χ1n) is 13.8. The lowest BCUT2D eigenvalue weighted by atomic mass is 9.82. The molecule has 9 nitrogen and oxygen atoms in total. The molecular formula is C30H35FN4O5. The Hall–Kier alpha value is -3.92. The van der Waals surface area contributed by atoms with Crippen molar-refractivity contribution in [3.05, 3.63) is 71.8 Å². The lowest BCUT2D eigenvalue weighted by molar-refractivity contribution is -0.120. The quantitative estimate of drug-likeness (QED) is 0.402. The van der Waals surface area contributed by atoms with Crippen molar-refractivity contribution >= 4 is 17.6 Å². The minimum Gasteiger partial charge on any atom is -0.494 e. The van der Waals surface area contributed by atoms with Crippen LogP contribution in [0.4, 0.5) is 14.9 Å². The lowest BCUT2D eigenvalue weighted by Crippen LogP contribution is -2.50. The molecule has 212 valence electrons. The van der Waals surface area contributed by atoms with E-state index in [0.29, 0.717) is 36.6 Å². The molecule has 2 aromatic carbocycles. The molecule has 0 unspecified atom stereocenters. The van der Waals surface area contributed by atoms with Crippen LogP contribution in [0.1, 0.15) is 56.1 Å². The molecule has 1 fully saturated rings. The molecule has 1 aliphatic heterocycles. The van der Waals surface area contributed by atoms with Gasteiger partial charge in [0.05, 0.1) is 24.1 Å². The van der Waals surface area contributed by atoms with Gasteiger partial charge in [-0.1, -0.05) is 31.4 Å². The van der Waals surface area contributed by atoms with Crippen molar-refractivity contribution in [2.75, 3.05) is 25.2 Å². The number of carbonyl (C=O) groups excluding carboxylic acids is 2. The van der Waals surface area contributed by atoms with Crippen LogP contribution >= 0.6 is 0 Å². The third-order valence-electron chi connectivity index (χ3n) is 7.60. The molecule has 0 saturated heterocycles. The summed E-state index contributed by atoms with van der Waals surface area (Å²) in [4.78, 5) is 27.6. The fourth-order valence-corrected chi connectivity index (χ4v) is 5.38. The summed E-state index contributed by atoms with van der Waals surface area (Å²) in [5.74, 6) is 0.443. The van der Waals surface area contributed by atoms with Crippen LogP contribution in [-0.2, 0) is 11.2 Å². The largest absolute Gasteiger partial charge is 0.494 e. The predicted molar refractivity (Wildman–Crippen MR) is 147 cm³/mol.